The minimum absolute atomic E-state index is 0.110. The normalized spacial score (nSPS) is 10.2. The number of carbonyl (C=O) groups excluding carboxylic acids is 1. The van der Waals surface area contributed by atoms with Crippen LogP contribution in [-0.2, 0) is 12.4 Å². The van der Waals surface area contributed by atoms with Gasteiger partial charge in [-0.25, -0.2) is 0 Å². The molecule has 1 aromatic carbocycles. The molecule has 0 saturated heterocycles. The lowest BCUT2D eigenvalue weighted by molar-refractivity contribution is 0.0950. The highest BCUT2D eigenvalue weighted by Gasteiger charge is 2.05. The minimum atomic E-state index is -0.110. The minimum Gasteiger partial charge on any atom is -0.346 e. The molecule has 0 aliphatic heterocycles. The van der Waals surface area contributed by atoms with Crippen molar-refractivity contribution in [2.75, 3.05) is 0 Å². The summed E-state index contributed by atoms with van der Waals surface area (Å²) in [4.78, 5) is 11.8. The molecular formula is C12H12ClN3O. The number of rotatable bonds is 4. The van der Waals surface area contributed by atoms with E-state index in [-0.39, 0.29) is 5.91 Å². The number of hydrogen-bond donors (Lipinski definition) is 2. The van der Waals surface area contributed by atoms with Crippen LogP contribution in [0.15, 0.2) is 36.5 Å². The Kier molecular flexibility index (Phi) is 3.77. The third-order valence-electron chi connectivity index (χ3n) is 2.37. The largest absolute Gasteiger partial charge is 0.346 e. The van der Waals surface area contributed by atoms with Gasteiger partial charge >= 0.3 is 0 Å². The Morgan fingerprint density at radius 2 is 2.06 bits per heavy atom. The maximum Gasteiger partial charge on any atom is 0.251 e. The third kappa shape index (κ3) is 3.07. The number of amides is 1. The molecule has 5 heteroatoms. The highest BCUT2D eigenvalue weighted by molar-refractivity contribution is 6.17. The average Bonchev–Trinajstić information content (AvgIpc) is 2.89. The van der Waals surface area contributed by atoms with Crippen molar-refractivity contribution in [1.29, 1.82) is 0 Å². The lowest BCUT2D eigenvalue weighted by Crippen LogP contribution is -2.22. The number of nitrogens with one attached hydrogen (secondary N) is 2. The number of carbonyl (C=O) groups is 1. The molecule has 0 radical (unpaired) electrons. The monoisotopic (exact) mass is 249 g/mol. The molecule has 0 aliphatic rings. The van der Waals surface area contributed by atoms with Crippen molar-refractivity contribution in [2.45, 2.75) is 12.4 Å². The Hall–Kier alpha value is -1.81. The second-order valence-electron chi connectivity index (χ2n) is 3.60. The summed E-state index contributed by atoms with van der Waals surface area (Å²) in [5.74, 6) is 0.344. The smallest absolute Gasteiger partial charge is 0.251 e. The highest BCUT2D eigenvalue weighted by Crippen LogP contribution is 2.07. The summed E-state index contributed by atoms with van der Waals surface area (Å²) >= 11 is 5.68. The Morgan fingerprint density at radius 3 is 2.65 bits per heavy atom. The Balaban J connectivity index is 1.95. The zero-order chi connectivity index (χ0) is 12.1. The van der Waals surface area contributed by atoms with Crippen molar-refractivity contribution in [3.8, 4) is 0 Å². The molecule has 1 amide bonds. The number of aromatic nitrogens is 2. The van der Waals surface area contributed by atoms with E-state index in [4.69, 9.17) is 11.6 Å². The number of halogens is 1. The summed E-state index contributed by atoms with van der Waals surface area (Å²) in [6, 6.07) is 9.03. The van der Waals surface area contributed by atoms with E-state index in [1.807, 2.05) is 18.2 Å². The van der Waals surface area contributed by atoms with Crippen molar-refractivity contribution in [3.05, 3.63) is 53.3 Å². The lowest BCUT2D eigenvalue weighted by Gasteiger charge is -2.04. The second-order valence-corrected chi connectivity index (χ2v) is 3.86. The van der Waals surface area contributed by atoms with Crippen LogP contribution in [0.25, 0.3) is 0 Å². The van der Waals surface area contributed by atoms with E-state index in [9.17, 15) is 4.79 Å². The molecule has 0 atom stereocenters. The molecule has 2 aromatic rings. The Labute approximate surface area is 104 Å². The summed E-state index contributed by atoms with van der Waals surface area (Å²) < 4.78 is 0. The van der Waals surface area contributed by atoms with E-state index < -0.39 is 0 Å². The maximum atomic E-state index is 11.8. The summed E-state index contributed by atoms with van der Waals surface area (Å²) in [6.07, 6.45) is 1.65. The molecule has 0 bridgehead atoms. The molecule has 0 fully saturated rings. The SMILES string of the molecule is O=C(NCc1ccn[nH]1)c1ccc(CCl)cc1. The Bertz CT molecular complexity index is 479. The number of aromatic amines is 1. The van der Waals surface area contributed by atoms with E-state index in [0.29, 0.717) is 18.0 Å². The number of H-pyrrole nitrogens is 1. The van der Waals surface area contributed by atoms with Crippen LogP contribution < -0.4 is 5.32 Å². The number of alkyl halides is 1. The van der Waals surface area contributed by atoms with Gasteiger partial charge in [0.25, 0.3) is 5.91 Å². The van der Waals surface area contributed by atoms with Crippen LogP contribution in [0.3, 0.4) is 0 Å². The molecule has 0 saturated carbocycles. The zero-order valence-electron chi connectivity index (χ0n) is 9.11. The van der Waals surface area contributed by atoms with Gasteiger partial charge in [-0.05, 0) is 23.8 Å². The summed E-state index contributed by atoms with van der Waals surface area (Å²) in [7, 11) is 0. The quantitative estimate of drug-likeness (QED) is 0.815. The fraction of sp³-hybridized carbons (Fsp3) is 0.167. The highest BCUT2D eigenvalue weighted by atomic mass is 35.5. The predicted octanol–water partition coefficient (Wildman–Crippen LogP) is 2.08. The fourth-order valence-corrected chi connectivity index (χ4v) is 1.58. The molecule has 2 rings (SSSR count). The van der Waals surface area contributed by atoms with E-state index in [0.717, 1.165) is 11.3 Å². The van der Waals surface area contributed by atoms with Crippen LogP contribution in [0.1, 0.15) is 21.6 Å². The first kappa shape index (κ1) is 11.7. The second kappa shape index (κ2) is 5.50. The number of hydrogen-bond acceptors (Lipinski definition) is 2. The van der Waals surface area contributed by atoms with E-state index in [1.54, 1.807) is 18.3 Å². The van der Waals surface area contributed by atoms with Crippen LogP contribution in [0.4, 0.5) is 0 Å². The zero-order valence-corrected chi connectivity index (χ0v) is 9.87. The third-order valence-corrected chi connectivity index (χ3v) is 2.68. The van der Waals surface area contributed by atoms with Gasteiger partial charge in [0.15, 0.2) is 0 Å². The van der Waals surface area contributed by atoms with E-state index in [1.165, 1.54) is 0 Å². The van der Waals surface area contributed by atoms with Crippen molar-refractivity contribution in [2.24, 2.45) is 0 Å². The molecule has 0 spiro atoms. The van der Waals surface area contributed by atoms with Crippen molar-refractivity contribution in [1.82, 2.24) is 15.5 Å². The molecule has 4 nitrogen and oxygen atoms in total. The number of nitrogens with zero attached hydrogens (tertiary/aromatic N) is 1. The van der Waals surface area contributed by atoms with Crippen LogP contribution >= 0.6 is 11.6 Å². The topological polar surface area (TPSA) is 57.8 Å². The summed E-state index contributed by atoms with van der Waals surface area (Å²) in [5.41, 5.74) is 2.49. The van der Waals surface area contributed by atoms with Crippen LogP contribution in [0, 0.1) is 0 Å². The van der Waals surface area contributed by atoms with Crippen molar-refractivity contribution in [3.63, 3.8) is 0 Å². The van der Waals surface area contributed by atoms with E-state index >= 15 is 0 Å². The predicted molar refractivity (Wildman–Crippen MR) is 65.8 cm³/mol. The average molecular weight is 250 g/mol. The van der Waals surface area contributed by atoms with E-state index in [2.05, 4.69) is 15.5 Å². The first-order chi connectivity index (χ1) is 8.29. The van der Waals surface area contributed by atoms with Gasteiger partial charge < -0.3 is 5.32 Å². The maximum absolute atomic E-state index is 11.8. The lowest BCUT2D eigenvalue weighted by atomic mass is 10.1. The summed E-state index contributed by atoms with van der Waals surface area (Å²) in [5, 5.41) is 9.38. The van der Waals surface area contributed by atoms with Gasteiger partial charge in [-0.3, -0.25) is 9.89 Å². The van der Waals surface area contributed by atoms with Crippen molar-refractivity contribution < 1.29 is 4.79 Å². The standard InChI is InChI=1S/C12H12ClN3O/c13-7-9-1-3-10(4-2-9)12(17)14-8-11-5-6-15-16-11/h1-6H,7-8H2,(H,14,17)(H,15,16). The Morgan fingerprint density at radius 1 is 1.29 bits per heavy atom. The van der Waals surface area contributed by atoms with Gasteiger partial charge in [-0.15, -0.1) is 11.6 Å². The van der Waals surface area contributed by atoms with Crippen LogP contribution in [0.2, 0.25) is 0 Å². The summed E-state index contributed by atoms with van der Waals surface area (Å²) in [6.45, 7) is 0.441. The van der Waals surface area contributed by atoms with Crippen LogP contribution in [-0.4, -0.2) is 16.1 Å². The molecule has 0 unspecified atom stereocenters. The van der Waals surface area contributed by atoms with Gasteiger partial charge in [-0.2, -0.15) is 5.10 Å². The van der Waals surface area contributed by atoms with Gasteiger partial charge in [0.05, 0.1) is 12.2 Å². The van der Waals surface area contributed by atoms with Gasteiger partial charge in [0.2, 0.25) is 0 Å². The van der Waals surface area contributed by atoms with Gasteiger partial charge in [0, 0.05) is 17.6 Å². The molecule has 88 valence electrons. The van der Waals surface area contributed by atoms with Crippen molar-refractivity contribution >= 4 is 17.5 Å². The van der Waals surface area contributed by atoms with Gasteiger partial charge in [-0.1, -0.05) is 12.1 Å². The molecule has 1 aromatic heterocycles. The number of benzene rings is 1. The fourth-order valence-electron chi connectivity index (χ4n) is 1.41. The molecule has 17 heavy (non-hydrogen) atoms. The first-order valence-corrected chi connectivity index (χ1v) is 5.74. The van der Waals surface area contributed by atoms with Gasteiger partial charge in [0.1, 0.15) is 0 Å². The molecule has 1 heterocycles. The molecule has 2 N–H and O–H groups in total. The molecular weight excluding hydrogens is 238 g/mol. The van der Waals surface area contributed by atoms with Crippen LogP contribution in [0.5, 0.6) is 0 Å². The first-order valence-electron chi connectivity index (χ1n) is 5.21. The molecule has 0 aliphatic carbocycles.